The second-order valence-electron chi connectivity index (χ2n) is 12.6. The van der Waals surface area contributed by atoms with Crippen LogP contribution in [0.5, 0.6) is 17.2 Å². The smallest absolute Gasteiger partial charge is 0.496 e. The van der Waals surface area contributed by atoms with Crippen molar-refractivity contribution in [3.8, 4) is 28.4 Å². The molecule has 0 atom stereocenters. The number of benzene rings is 3. The largest absolute Gasteiger partial charge is 1.00 e. The van der Waals surface area contributed by atoms with Crippen LogP contribution in [0.4, 0.5) is 45.5 Å². The van der Waals surface area contributed by atoms with E-state index in [1.807, 2.05) is 12.1 Å². The summed E-state index contributed by atoms with van der Waals surface area (Å²) < 4.78 is 138. The number of methoxy groups -OCH3 is 1. The minimum Gasteiger partial charge on any atom is -0.496 e. The second kappa shape index (κ2) is 18.2. The average Bonchev–Trinajstić information content (AvgIpc) is 3.64. The first kappa shape index (κ1) is 43.5. The predicted molar refractivity (Wildman–Crippen MR) is 177 cm³/mol. The van der Waals surface area contributed by atoms with Crippen LogP contribution in [0.25, 0.3) is 11.1 Å². The molecule has 0 aliphatic heterocycles. The van der Waals surface area contributed by atoms with E-state index in [-0.39, 0.29) is 78.3 Å². The number of halogens is 9. The maximum absolute atomic E-state index is 13.8. The van der Waals surface area contributed by atoms with Gasteiger partial charge in [-0.25, -0.2) is 9.97 Å². The van der Waals surface area contributed by atoms with E-state index in [1.54, 1.807) is 6.07 Å². The molecular formula is C37H34F9N3NaO5+. The van der Waals surface area contributed by atoms with Crippen LogP contribution in [0.3, 0.4) is 0 Å². The fraction of sp³-hybridized carbons (Fsp3) is 0.378. The molecule has 0 spiro atoms. The van der Waals surface area contributed by atoms with Gasteiger partial charge in [0.15, 0.2) is 5.75 Å². The van der Waals surface area contributed by atoms with Gasteiger partial charge in [0.25, 0.3) is 0 Å². The first-order valence-corrected chi connectivity index (χ1v) is 16.7. The van der Waals surface area contributed by atoms with Gasteiger partial charge in [-0.1, -0.05) is 25.0 Å². The summed E-state index contributed by atoms with van der Waals surface area (Å²) in [7, 11) is 1.41. The number of aromatic nitrogens is 2. The summed E-state index contributed by atoms with van der Waals surface area (Å²) in [5, 5.41) is 8.85. The Bertz CT molecular complexity index is 1880. The van der Waals surface area contributed by atoms with E-state index in [9.17, 15) is 44.3 Å². The zero-order valence-electron chi connectivity index (χ0n) is 29.6. The maximum Gasteiger partial charge on any atom is 1.00 e. The number of hydrogen-bond acceptors (Lipinski definition) is 7. The Kier molecular flexibility index (Phi) is 14.4. The van der Waals surface area contributed by atoms with E-state index in [2.05, 4.69) is 14.7 Å². The fourth-order valence-corrected chi connectivity index (χ4v) is 6.30. The third-order valence-electron chi connectivity index (χ3n) is 8.73. The molecule has 1 aliphatic rings. The summed E-state index contributed by atoms with van der Waals surface area (Å²) in [5.41, 5.74) is -1.64. The topological polar surface area (TPSA) is 94.0 Å². The van der Waals surface area contributed by atoms with Gasteiger partial charge in [-0.15, -0.1) is 13.2 Å². The zero-order valence-corrected chi connectivity index (χ0v) is 31.6. The van der Waals surface area contributed by atoms with E-state index in [4.69, 9.17) is 14.6 Å². The first-order chi connectivity index (χ1) is 25.4. The molecule has 5 rings (SSSR count). The minimum atomic E-state index is -5.14. The molecule has 1 aliphatic carbocycles. The van der Waals surface area contributed by atoms with Crippen molar-refractivity contribution in [3.63, 3.8) is 0 Å². The molecule has 1 N–H and O–H groups in total. The summed E-state index contributed by atoms with van der Waals surface area (Å²) in [5.74, 6) is -1.23. The number of aliphatic carboxylic acids is 1. The summed E-state index contributed by atoms with van der Waals surface area (Å²) in [4.78, 5) is 20.4. The van der Waals surface area contributed by atoms with E-state index >= 15 is 0 Å². The number of carboxylic acid groups (broad SMARTS) is 1. The van der Waals surface area contributed by atoms with Gasteiger partial charge >= 0.3 is 54.2 Å². The molecule has 0 unspecified atom stereocenters. The van der Waals surface area contributed by atoms with E-state index in [0.29, 0.717) is 29.0 Å². The van der Waals surface area contributed by atoms with Gasteiger partial charge in [0.2, 0.25) is 5.95 Å². The number of carbonyl (C=O) groups is 1. The van der Waals surface area contributed by atoms with Crippen molar-refractivity contribution in [2.75, 3.05) is 18.6 Å². The summed E-state index contributed by atoms with van der Waals surface area (Å²) in [6, 6.07) is 10.1. The van der Waals surface area contributed by atoms with Crippen LogP contribution in [-0.4, -0.2) is 41.1 Å². The molecular weight excluding hydrogens is 760 g/mol. The van der Waals surface area contributed by atoms with Gasteiger partial charge < -0.3 is 24.2 Å². The predicted octanol–water partition coefficient (Wildman–Crippen LogP) is 7.20. The number of alkyl halides is 9. The van der Waals surface area contributed by atoms with Gasteiger partial charge in [0.1, 0.15) is 11.5 Å². The van der Waals surface area contributed by atoms with Gasteiger partial charge in [0, 0.05) is 25.1 Å². The number of anilines is 1. The van der Waals surface area contributed by atoms with E-state index < -0.39 is 60.2 Å². The second-order valence-corrected chi connectivity index (χ2v) is 12.6. The molecule has 8 nitrogen and oxygen atoms in total. The molecule has 1 aromatic heterocycles. The van der Waals surface area contributed by atoms with Gasteiger partial charge in [-0.3, -0.25) is 4.79 Å². The molecule has 0 bridgehead atoms. The Morgan fingerprint density at radius 3 is 2.02 bits per heavy atom. The summed E-state index contributed by atoms with van der Waals surface area (Å²) in [6.07, 6.45) is -9.18. The average molecular weight is 795 g/mol. The van der Waals surface area contributed by atoms with Gasteiger partial charge in [-0.05, 0) is 89.9 Å². The van der Waals surface area contributed by atoms with E-state index in [1.165, 1.54) is 30.5 Å². The maximum atomic E-state index is 13.8. The number of hydrogen-bond donors (Lipinski definition) is 1. The Morgan fingerprint density at radius 2 is 1.45 bits per heavy atom. The van der Waals surface area contributed by atoms with Gasteiger partial charge in [-0.2, -0.15) is 26.3 Å². The Labute approximate surface area is 331 Å². The first-order valence-electron chi connectivity index (χ1n) is 16.7. The van der Waals surface area contributed by atoms with Crippen LogP contribution >= 0.6 is 0 Å². The summed E-state index contributed by atoms with van der Waals surface area (Å²) in [6.45, 7) is -1.12. The Balaban J connectivity index is 0.00000673. The minimum absolute atomic E-state index is 0. The van der Waals surface area contributed by atoms with Crippen molar-refractivity contribution < 1.29 is 93.2 Å². The van der Waals surface area contributed by atoms with Crippen molar-refractivity contribution in [1.29, 1.82) is 0 Å². The monoisotopic (exact) mass is 794 g/mol. The molecule has 0 amide bonds. The molecule has 0 radical (unpaired) electrons. The third kappa shape index (κ3) is 12.1. The normalized spacial score (nSPS) is 13.6. The molecule has 55 heavy (non-hydrogen) atoms. The molecule has 1 fully saturated rings. The standard InChI is InChI=1S/C37H34F9N3O5.Na/c1-52-32-11-8-24(23-5-2-3-6-23)16-31(32)30-10-9-28(54-37(44,45)46)15-25(30)21-49(34-47-18-29(19-48-34)53-12-4-7-33(50)51)20-22-13-26(35(38,39)40)17-27(14-22)36(41,42)43;/h8-11,13-19,23H,2-7,12,20-21H2,1H3,(H,50,51);/q;+1. The van der Waals surface area contributed by atoms with Gasteiger partial charge in [0.05, 0.1) is 37.2 Å². The number of ether oxygens (including phenoxy) is 3. The van der Waals surface area contributed by atoms with Crippen LogP contribution in [0.1, 0.15) is 72.3 Å². The van der Waals surface area contributed by atoms with Crippen molar-refractivity contribution in [1.82, 2.24) is 9.97 Å². The SMILES string of the molecule is COc1ccc(C2CCCC2)cc1-c1ccc(OC(F)(F)F)cc1CN(Cc1cc(C(F)(F)F)cc(C(F)(F)F)c1)c1ncc(OCCCC(=O)O)cn1.[Na+]. The third-order valence-corrected chi connectivity index (χ3v) is 8.73. The van der Waals surface area contributed by atoms with E-state index in [0.717, 1.165) is 43.4 Å². The van der Waals surface area contributed by atoms with Crippen LogP contribution < -0.4 is 48.7 Å². The van der Waals surface area contributed by atoms with Crippen LogP contribution in [0.15, 0.2) is 67.0 Å². The van der Waals surface area contributed by atoms with Crippen LogP contribution in [0.2, 0.25) is 0 Å². The van der Waals surface area contributed by atoms with Crippen molar-refractivity contribution in [2.45, 2.75) is 76.2 Å². The Hall–Kier alpha value is -4.22. The molecule has 1 heterocycles. The summed E-state index contributed by atoms with van der Waals surface area (Å²) >= 11 is 0. The molecule has 0 saturated heterocycles. The molecule has 1 saturated carbocycles. The Morgan fingerprint density at radius 1 is 0.818 bits per heavy atom. The van der Waals surface area contributed by atoms with Crippen LogP contribution in [-0.2, 0) is 30.2 Å². The number of nitrogens with zero attached hydrogens (tertiary/aromatic N) is 3. The van der Waals surface area contributed by atoms with Crippen LogP contribution in [0, 0.1) is 0 Å². The van der Waals surface area contributed by atoms with Crippen molar-refractivity contribution in [2.24, 2.45) is 0 Å². The number of rotatable bonds is 14. The molecule has 290 valence electrons. The zero-order chi connectivity index (χ0) is 39.3. The fourth-order valence-electron chi connectivity index (χ4n) is 6.30. The molecule has 4 aromatic rings. The number of carboxylic acids is 1. The molecule has 18 heteroatoms. The van der Waals surface area contributed by atoms with Crippen molar-refractivity contribution in [3.05, 3.63) is 94.8 Å². The quantitative estimate of drug-likeness (QED) is 0.0815. The van der Waals surface area contributed by atoms with Crippen molar-refractivity contribution >= 4 is 11.9 Å². The molecule has 3 aromatic carbocycles.